The fourth-order valence-electron chi connectivity index (χ4n) is 4.41. The minimum absolute atomic E-state index is 0.156. The third-order valence-electron chi connectivity index (χ3n) is 6.23. The molecule has 0 unspecified atom stereocenters. The van der Waals surface area contributed by atoms with Crippen LogP contribution in [0.5, 0.6) is 0 Å². The van der Waals surface area contributed by atoms with Crippen LogP contribution in [0.1, 0.15) is 48.4 Å². The molecule has 1 aliphatic carbocycles. The minimum atomic E-state index is -0.156. The van der Waals surface area contributed by atoms with Crippen molar-refractivity contribution in [3.05, 3.63) is 64.6 Å². The molecule has 3 nitrogen and oxygen atoms in total. The van der Waals surface area contributed by atoms with Crippen LogP contribution in [0.2, 0.25) is 0 Å². The molecule has 3 heteroatoms. The first-order chi connectivity index (χ1) is 13.0. The van der Waals surface area contributed by atoms with Crippen LogP contribution in [0.15, 0.2) is 36.5 Å². The Kier molecular flexibility index (Phi) is 4.53. The van der Waals surface area contributed by atoms with E-state index in [1.165, 1.54) is 27.8 Å². The minimum Gasteiger partial charge on any atom is -0.393 e. The number of rotatable bonds is 2. The van der Waals surface area contributed by atoms with Crippen LogP contribution in [-0.2, 0) is 0 Å². The number of aromatic nitrogens is 1. The molecule has 0 atom stereocenters. The summed E-state index contributed by atoms with van der Waals surface area (Å²) >= 11 is 0. The second-order valence-corrected chi connectivity index (χ2v) is 7.93. The molecule has 2 aromatic carbocycles. The van der Waals surface area contributed by atoms with Crippen molar-refractivity contribution in [3.63, 3.8) is 0 Å². The Balaban J connectivity index is 1.96. The van der Waals surface area contributed by atoms with Gasteiger partial charge < -0.3 is 9.67 Å². The van der Waals surface area contributed by atoms with Gasteiger partial charge >= 0.3 is 0 Å². The van der Waals surface area contributed by atoms with Gasteiger partial charge in [0.25, 0.3) is 0 Å². The standard InChI is InChI=1S/C24H26N2O/c1-15-6-5-7-20(17(15)3)22-14-26(18-8-10-19(27)11-9-18)24-12-16(2)23(25-4)13-21(22)24/h5-7,12-14,18-19,27H,8-11H2,1-3H3. The van der Waals surface area contributed by atoms with Gasteiger partial charge in [-0.2, -0.15) is 0 Å². The van der Waals surface area contributed by atoms with Gasteiger partial charge in [-0.3, -0.25) is 0 Å². The second-order valence-electron chi connectivity index (χ2n) is 7.93. The Labute approximate surface area is 161 Å². The van der Waals surface area contributed by atoms with Gasteiger partial charge in [0, 0.05) is 23.3 Å². The zero-order valence-electron chi connectivity index (χ0n) is 16.3. The lowest BCUT2D eigenvalue weighted by atomic mass is 9.93. The van der Waals surface area contributed by atoms with Gasteiger partial charge in [-0.05, 0) is 86.2 Å². The van der Waals surface area contributed by atoms with Crippen LogP contribution < -0.4 is 0 Å². The maximum Gasteiger partial charge on any atom is 0.190 e. The summed E-state index contributed by atoms with van der Waals surface area (Å²) < 4.78 is 2.40. The summed E-state index contributed by atoms with van der Waals surface area (Å²) in [6.45, 7) is 13.9. The highest BCUT2D eigenvalue weighted by Gasteiger charge is 2.24. The van der Waals surface area contributed by atoms with Gasteiger partial charge in [-0.1, -0.05) is 18.2 Å². The number of benzene rings is 2. The van der Waals surface area contributed by atoms with Gasteiger partial charge in [-0.25, -0.2) is 4.85 Å². The fraction of sp³-hybridized carbons (Fsp3) is 0.375. The van der Waals surface area contributed by atoms with Crippen molar-refractivity contribution in [2.24, 2.45) is 0 Å². The predicted octanol–water partition coefficient (Wildman–Crippen LogP) is 6.26. The predicted molar refractivity (Wildman–Crippen MR) is 111 cm³/mol. The van der Waals surface area contributed by atoms with E-state index >= 15 is 0 Å². The van der Waals surface area contributed by atoms with Crippen LogP contribution >= 0.6 is 0 Å². The summed E-state index contributed by atoms with van der Waals surface area (Å²) in [5, 5.41) is 11.1. The Morgan fingerprint density at radius 1 is 1.00 bits per heavy atom. The summed E-state index contributed by atoms with van der Waals surface area (Å²) in [6, 6.07) is 11.1. The highest BCUT2D eigenvalue weighted by atomic mass is 16.3. The summed E-state index contributed by atoms with van der Waals surface area (Å²) in [6.07, 6.45) is 5.85. The Bertz CT molecular complexity index is 1050. The average Bonchev–Trinajstić information content (AvgIpc) is 3.02. The van der Waals surface area contributed by atoms with E-state index in [-0.39, 0.29) is 6.10 Å². The van der Waals surface area contributed by atoms with Crippen molar-refractivity contribution in [3.8, 4) is 11.1 Å². The van der Waals surface area contributed by atoms with Crippen LogP contribution in [0.25, 0.3) is 26.9 Å². The van der Waals surface area contributed by atoms with E-state index in [0.29, 0.717) is 6.04 Å². The average molecular weight is 358 g/mol. The zero-order valence-corrected chi connectivity index (χ0v) is 16.3. The number of aliphatic hydroxyl groups excluding tert-OH is 1. The molecule has 0 spiro atoms. The number of fused-ring (bicyclic) bond motifs is 1. The molecular formula is C24H26N2O. The molecule has 0 saturated heterocycles. The molecule has 1 fully saturated rings. The largest absolute Gasteiger partial charge is 0.393 e. The Morgan fingerprint density at radius 2 is 1.74 bits per heavy atom. The lowest BCUT2D eigenvalue weighted by Gasteiger charge is -2.27. The van der Waals surface area contributed by atoms with E-state index in [0.717, 1.165) is 42.3 Å². The van der Waals surface area contributed by atoms with E-state index in [2.05, 4.69) is 59.8 Å². The first-order valence-corrected chi connectivity index (χ1v) is 9.77. The van der Waals surface area contributed by atoms with Gasteiger partial charge in [0.05, 0.1) is 12.7 Å². The van der Waals surface area contributed by atoms with Crippen LogP contribution in [0.3, 0.4) is 0 Å². The topological polar surface area (TPSA) is 29.5 Å². The fourth-order valence-corrected chi connectivity index (χ4v) is 4.41. The summed E-state index contributed by atoms with van der Waals surface area (Å²) in [5.41, 5.74) is 7.99. The van der Waals surface area contributed by atoms with Crippen molar-refractivity contribution >= 4 is 16.6 Å². The summed E-state index contributed by atoms with van der Waals surface area (Å²) in [4.78, 5) is 3.73. The smallest absolute Gasteiger partial charge is 0.190 e. The summed E-state index contributed by atoms with van der Waals surface area (Å²) in [5.74, 6) is 0. The molecule has 1 aromatic heterocycles. The normalized spacial score (nSPS) is 20.0. The molecule has 27 heavy (non-hydrogen) atoms. The quantitative estimate of drug-likeness (QED) is 0.538. The van der Waals surface area contributed by atoms with Crippen molar-refractivity contribution < 1.29 is 5.11 Å². The molecule has 0 amide bonds. The first kappa shape index (κ1) is 17.8. The summed E-state index contributed by atoms with van der Waals surface area (Å²) in [7, 11) is 0. The third-order valence-corrected chi connectivity index (χ3v) is 6.23. The zero-order chi connectivity index (χ0) is 19.1. The second kappa shape index (κ2) is 6.87. The van der Waals surface area contributed by atoms with Crippen LogP contribution in [0.4, 0.5) is 5.69 Å². The lowest BCUT2D eigenvalue weighted by molar-refractivity contribution is 0.111. The number of aliphatic hydroxyl groups is 1. The van der Waals surface area contributed by atoms with E-state index in [4.69, 9.17) is 6.57 Å². The molecule has 138 valence electrons. The number of hydrogen-bond donors (Lipinski definition) is 1. The monoisotopic (exact) mass is 358 g/mol. The lowest BCUT2D eigenvalue weighted by Crippen LogP contribution is -2.20. The van der Waals surface area contributed by atoms with E-state index < -0.39 is 0 Å². The molecule has 4 rings (SSSR count). The van der Waals surface area contributed by atoms with E-state index in [9.17, 15) is 5.11 Å². The van der Waals surface area contributed by atoms with Gasteiger partial charge in [0.2, 0.25) is 0 Å². The maximum atomic E-state index is 9.91. The van der Waals surface area contributed by atoms with Gasteiger partial charge in [0.15, 0.2) is 5.69 Å². The molecule has 3 aromatic rings. The van der Waals surface area contributed by atoms with Crippen LogP contribution in [-0.4, -0.2) is 15.8 Å². The first-order valence-electron chi connectivity index (χ1n) is 9.77. The molecule has 1 heterocycles. The van der Waals surface area contributed by atoms with Gasteiger partial charge in [-0.15, -0.1) is 0 Å². The molecule has 1 N–H and O–H groups in total. The molecule has 1 aliphatic rings. The number of aryl methyl sites for hydroxylation is 2. The van der Waals surface area contributed by atoms with Crippen molar-refractivity contribution in [1.82, 2.24) is 4.57 Å². The SMILES string of the molecule is [C-]#[N+]c1cc2c(-c3cccc(C)c3C)cn(C3CCC(O)CC3)c2cc1C. The number of nitrogens with zero attached hydrogens (tertiary/aromatic N) is 2. The highest BCUT2D eigenvalue weighted by molar-refractivity contribution is 5.99. The molecule has 0 bridgehead atoms. The van der Waals surface area contributed by atoms with E-state index in [1.54, 1.807) is 0 Å². The van der Waals surface area contributed by atoms with Crippen molar-refractivity contribution in [2.45, 2.75) is 58.6 Å². The Hall–Kier alpha value is -2.57. The van der Waals surface area contributed by atoms with Crippen molar-refractivity contribution in [1.29, 1.82) is 0 Å². The maximum absolute atomic E-state index is 9.91. The van der Waals surface area contributed by atoms with E-state index in [1.807, 2.05) is 6.92 Å². The highest BCUT2D eigenvalue weighted by Crippen LogP contribution is 2.40. The van der Waals surface area contributed by atoms with Gasteiger partial charge in [0.1, 0.15) is 0 Å². The molecule has 1 saturated carbocycles. The molecule has 0 radical (unpaired) electrons. The number of hydrogen-bond acceptors (Lipinski definition) is 1. The van der Waals surface area contributed by atoms with Crippen LogP contribution in [0, 0.1) is 27.3 Å². The molecule has 0 aliphatic heterocycles. The Morgan fingerprint density at radius 3 is 2.44 bits per heavy atom. The third kappa shape index (κ3) is 3.05. The molecular weight excluding hydrogens is 332 g/mol. The van der Waals surface area contributed by atoms with Crippen molar-refractivity contribution in [2.75, 3.05) is 0 Å².